The van der Waals surface area contributed by atoms with Crippen molar-refractivity contribution in [1.29, 1.82) is 0 Å². The highest BCUT2D eigenvalue weighted by atomic mass is 16.5. The lowest BCUT2D eigenvalue weighted by atomic mass is 9.80. The van der Waals surface area contributed by atoms with Gasteiger partial charge >= 0.3 is 5.97 Å². The SMILES string of the molecule is CCCCCC1CCC(C(=O)Oc2ccc(N=Nc3ccc(CCCC)cc3)c(C)c2C)CC1. The number of benzene rings is 2. The van der Waals surface area contributed by atoms with Gasteiger partial charge in [0.1, 0.15) is 5.75 Å². The van der Waals surface area contributed by atoms with Gasteiger partial charge in [0, 0.05) is 0 Å². The highest BCUT2D eigenvalue weighted by Crippen LogP contribution is 2.35. The molecule has 1 aliphatic rings. The topological polar surface area (TPSA) is 51.0 Å². The molecule has 0 atom stereocenters. The van der Waals surface area contributed by atoms with E-state index in [0.29, 0.717) is 5.75 Å². The summed E-state index contributed by atoms with van der Waals surface area (Å²) in [6.45, 7) is 8.46. The van der Waals surface area contributed by atoms with Crippen molar-refractivity contribution >= 4 is 17.3 Å². The average molecular weight is 463 g/mol. The van der Waals surface area contributed by atoms with Crippen LogP contribution in [0.2, 0.25) is 0 Å². The van der Waals surface area contributed by atoms with E-state index >= 15 is 0 Å². The van der Waals surface area contributed by atoms with Crippen LogP contribution in [0.25, 0.3) is 0 Å². The first-order valence-electron chi connectivity index (χ1n) is 13.3. The molecule has 0 heterocycles. The molecule has 2 aromatic carbocycles. The van der Waals surface area contributed by atoms with Gasteiger partial charge in [0.05, 0.1) is 17.3 Å². The lowest BCUT2D eigenvalue weighted by Crippen LogP contribution is -2.26. The van der Waals surface area contributed by atoms with Gasteiger partial charge in [-0.3, -0.25) is 4.79 Å². The normalized spacial score (nSPS) is 18.4. The zero-order chi connectivity index (χ0) is 24.3. The van der Waals surface area contributed by atoms with Crippen LogP contribution in [-0.2, 0) is 11.2 Å². The van der Waals surface area contributed by atoms with Crippen molar-refractivity contribution in [3.05, 3.63) is 53.1 Å². The minimum absolute atomic E-state index is 0.0294. The summed E-state index contributed by atoms with van der Waals surface area (Å²) in [4.78, 5) is 12.8. The van der Waals surface area contributed by atoms with E-state index in [9.17, 15) is 4.79 Å². The molecule has 0 bridgehead atoms. The van der Waals surface area contributed by atoms with Crippen LogP contribution in [0, 0.1) is 25.7 Å². The Kier molecular flexibility index (Phi) is 10.3. The summed E-state index contributed by atoms with van der Waals surface area (Å²) in [5.74, 6) is 1.39. The number of rotatable bonds is 11. The number of hydrogen-bond acceptors (Lipinski definition) is 4. The lowest BCUT2D eigenvalue weighted by Gasteiger charge is -2.27. The first-order chi connectivity index (χ1) is 16.5. The first kappa shape index (κ1) is 26.1. The number of carbonyl (C=O) groups excluding carboxylic acids is 1. The zero-order valence-corrected chi connectivity index (χ0v) is 21.6. The van der Waals surface area contributed by atoms with Gasteiger partial charge in [-0.1, -0.05) is 58.1 Å². The minimum atomic E-state index is -0.0768. The number of carbonyl (C=O) groups is 1. The number of nitrogens with zero attached hydrogens (tertiary/aromatic N) is 2. The Morgan fingerprint density at radius 1 is 0.853 bits per heavy atom. The Morgan fingerprint density at radius 2 is 1.56 bits per heavy atom. The predicted octanol–water partition coefficient (Wildman–Crippen LogP) is 9.35. The Morgan fingerprint density at radius 3 is 2.24 bits per heavy atom. The van der Waals surface area contributed by atoms with Gasteiger partial charge in [-0.25, -0.2) is 0 Å². The first-order valence-corrected chi connectivity index (χ1v) is 13.3. The number of unbranched alkanes of at least 4 members (excludes halogenated alkanes) is 3. The second-order valence-electron chi connectivity index (χ2n) is 9.94. The van der Waals surface area contributed by atoms with Gasteiger partial charge in [-0.2, -0.15) is 10.2 Å². The van der Waals surface area contributed by atoms with Crippen LogP contribution in [0.5, 0.6) is 5.75 Å². The smallest absolute Gasteiger partial charge is 0.314 e. The van der Waals surface area contributed by atoms with Gasteiger partial charge in [0.15, 0.2) is 0 Å². The third-order valence-corrected chi connectivity index (χ3v) is 7.34. The zero-order valence-electron chi connectivity index (χ0n) is 21.6. The number of azo groups is 1. The van der Waals surface area contributed by atoms with E-state index < -0.39 is 0 Å². The van der Waals surface area contributed by atoms with Gasteiger partial charge in [0.2, 0.25) is 0 Å². The second-order valence-corrected chi connectivity index (χ2v) is 9.94. The number of hydrogen-bond donors (Lipinski definition) is 0. The summed E-state index contributed by atoms with van der Waals surface area (Å²) in [6.07, 6.45) is 13.0. The fourth-order valence-corrected chi connectivity index (χ4v) is 4.78. The highest BCUT2D eigenvalue weighted by Gasteiger charge is 2.28. The van der Waals surface area contributed by atoms with Gasteiger partial charge in [-0.15, -0.1) is 0 Å². The fraction of sp³-hybridized carbons (Fsp3) is 0.567. The fourth-order valence-electron chi connectivity index (χ4n) is 4.78. The summed E-state index contributed by atoms with van der Waals surface area (Å²) in [5.41, 5.74) is 4.93. The molecule has 0 spiro atoms. The van der Waals surface area contributed by atoms with Crippen LogP contribution in [0.1, 0.15) is 94.7 Å². The summed E-state index contributed by atoms with van der Waals surface area (Å²) < 4.78 is 5.85. The van der Waals surface area contributed by atoms with E-state index in [1.165, 1.54) is 44.1 Å². The Bertz CT molecular complexity index is 941. The van der Waals surface area contributed by atoms with Crippen molar-refractivity contribution in [2.75, 3.05) is 0 Å². The molecule has 2 aromatic rings. The molecule has 0 amide bonds. The van der Waals surface area contributed by atoms with Crippen molar-refractivity contribution in [2.45, 2.75) is 98.3 Å². The van der Waals surface area contributed by atoms with Crippen LogP contribution in [0.3, 0.4) is 0 Å². The maximum atomic E-state index is 12.8. The highest BCUT2D eigenvalue weighted by molar-refractivity contribution is 5.76. The molecule has 4 heteroatoms. The van der Waals surface area contributed by atoms with E-state index in [2.05, 4.69) is 36.2 Å². The average Bonchev–Trinajstić information content (AvgIpc) is 2.86. The molecule has 0 N–H and O–H groups in total. The van der Waals surface area contributed by atoms with E-state index in [1.54, 1.807) is 0 Å². The molecule has 4 nitrogen and oxygen atoms in total. The molecular weight excluding hydrogens is 420 g/mol. The monoisotopic (exact) mass is 462 g/mol. The molecule has 0 radical (unpaired) electrons. The molecule has 3 rings (SSSR count). The molecule has 184 valence electrons. The standard InChI is InChI=1S/C30H42N2O2/c1-5-7-9-11-25-12-16-26(17-13-25)30(33)34-29-21-20-28(22(3)23(29)4)32-31-27-18-14-24(15-19-27)10-8-6-2/h14-15,18-21,25-26H,5-13,16-17H2,1-4H3. The second kappa shape index (κ2) is 13.4. The van der Waals surface area contributed by atoms with Crippen LogP contribution in [0.15, 0.2) is 46.6 Å². The summed E-state index contributed by atoms with van der Waals surface area (Å²) in [6, 6.07) is 12.1. The molecule has 0 aliphatic heterocycles. The minimum Gasteiger partial charge on any atom is -0.426 e. The Labute approximate surface area is 206 Å². The van der Waals surface area contributed by atoms with E-state index in [4.69, 9.17) is 4.74 Å². The summed E-state index contributed by atoms with van der Waals surface area (Å²) in [7, 11) is 0. The third kappa shape index (κ3) is 7.51. The number of aryl methyl sites for hydroxylation is 1. The van der Waals surface area contributed by atoms with Crippen molar-refractivity contribution < 1.29 is 9.53 Å². The van der Waals surface area contributed by atoms with E-state index in [0.717, 1.165) is 60.5 Å². The predicted molar refractivity (Wildman–Crippen MR) is 140 cm³/mol. The number of ether oxygens (including phenoxy) is 1. The molecular formula is C30H42N2O2. The van der Waals surface area contributed by atoms with Crippen molar-refractivity contribution in [3.63, 3.8) is 0 Å². The Balaban J connectivity index is 1.56. The van der Waals surface area contributed by atoms with Crippen LogP contribution < -0.4 is 4.74 Å². The van der Waals surface area contributed by atoms with Crippen molar-refractivity contribution in [3.8, 4) is 5.75 Å². The molecule has 34 heavy (non-hydrogen) atoms. The summed E-state index contributed by atoms with van der Waals surface area (Å²) >= 11 is 0. The van der Waals surface area contributed by atoms with Crippen molar-refractivity contribution in [2.24, 2.45) is 22.1 Å². The maximum Gasteiger partial charge on any atom is 0.314 e. The van der Waals surface area contributed by atoms with Gasteiger partial charge in [0.25, 0.3) is 0 Å². The van der Waals surface area contributed by atoms with Crippen molar-refractivity contribution in [1.82, 2.24) is 0 Å². The van der Waals surface area contributed by atoms with Crippen LogP contribution in [0.4, 0.5) is 11.4 Å². The lowest BCUT2D eigenvalue weighted by molar-refractivity contribution is -0.140. The van der Waals surface area contributed by atoms with E-state index in [1.807, 2.05) is 38.1 Å². The molecule has 0 aromatic heterocycles. The van der Waals surface area contributed by atoms with Crippen LogP contribution >= 0.6 is 0 Å². The number of esters is 1. The van der Waals surface area contributed by atoms with Gasteiger partial charge in [-0.05, 0) is 99.2 Å². The van der Waals surface area contributed by atoms with Gasteiger partial charge < -0.3 is 4.74 Å². The maximum absolute atomic E-state index is 12.8. The molecule has 1 saturated carbocycles. The van der Waals surface area contributed by atoms with Crippen LogP contribution in [-0.4, -0.2) is 5.97 Å². The molecule has 1 fully saturated rings. The third-order valence-electron chi connectivity index (χ3n) is 7.34. The van der Waals surface area contributed by atoms with E-state index in [-0.39, 0.29) is 11.9 Å². The molecule has 0 saturated heterocycles. The quantitative estimate of drug-likeness (QED) is 0.144. The molecule has 1 aliphatic carbocycles. The summed E-state index contributed by atoms with van der Waals surface area (Å²) in [5, 5.41) is 8.88. The largest absolute Gasteiger partial charge is 0.426 e. The molecule has 0 unspecified atom stereocenters. The Hall–Kier alpha value is -2.49.